The fourth-order valence-electron chi connectivity index (χ4n) is 1.91. The van der Waals surface area contributed by atoms with Gasteiger partial charge in [0, 0.05) is 13.1 Å². The van der Waals surface area contributed by atoms with Crippen LogP contribution in [0.5, 0.6) is 0 Å². The molecule has 0 spiro atoms. The van der Waals surface area contributed by atoms with Crippen LogP contribution in [-0.4, -0.2) is 44.9 Å². The highest BCUT2D eigenvalue weighted by atomic mass is 32.2. The molecule has 0 aliphatic rings. The van der Waals surface area contributed by atoms with Crippen LogP contribution in [0.3, 0.4) is 0 Å². The SMILES string of the molecule is CCCN(CCC)S(=O)(=O)NC(CC(C)C)C(=O)OC. The molecule has 0 aromatic carbocycles. The minimum Gasteiger partial charge on any atom is -0.468 e. The quantitative estimate of drug-likeness (QED) is 0.621. The van der Waals surface area contributed by atoms with Gasteiger partial charge in [-0.2, -0.15) is 17.4 Å². The van der Waals surface area contributed by atoms with Crippen LogP contribution in [0.1, 0.15) is 47.0 Å². The Labute approximate surface area is 123 Å². The lowest BCUT2D eigenvalue weighted by Crippen LogP contribution is -2.49. The average Bonchev–Trinajstić information content (AvgIpc) is 2.36. The van der Waals surface area contributed by atoms with E-state index in [2.05, 4.69) is 9.46 Å². The van der Waals surface area contributed by atoms with E-state index in [1.165, 1.54) is 11.4 Å². The zero-order valence-electron chi connectivity index (χ0n) is 13.2. The van der Waals surface area contributed by atoms with Crippen LogP contribution in [0.15, 0.2) is 0 Å². The number of carbonyl (C=O) groups is 1. The third-order valence-electron chi connectivity index (χ3n) is 2.77. The molecule has 0 aromatic heterocycles. The van der Waals surface area contributed by atoms with E-state index >= 15 is 0 Å². The molecule has 0 heterocycles. The van der Waals surface area contributed by atoms with Crippen molar-refractivity contribution in [3.63, 3.8) is 0 Å². The molecular formula is C13H28N2O4S. The van der Waals surface area contributed by atoms with Crippen molar-refractivity contribution in [3.05, 3.63) is 0 Å². The van der Waals surface area contributed by atoms with Crippen molar-refractivity contribution in [2.24, 2.45) is 5.92 Å². The fraction of sp³-hybridized carbons (Fsp3) is 0.923. The standard InChI is InChI=1S/C13H28N2O4S/c1-6-8-15(9-7-2)20(17,18)14-12(10-11(3)4)13(16)19-5/h11-12,14H,6-10H2,1-5H3. The van der Waals surface area contributed by atoms with Gasteiger partial charge in [0.25, 0.3) is 10.2 Å². The summed E-state index contributed by atoms with van der Waals surface area (Å²) in [5, 5.41) is 0. The lowest BCUT2D eigenvalue weighted by molar-refractivity contribution is -0.143. The van der Waals surface area contributed by atoms with Crippen LogP contribution < -0.4 is 4.72 Å². The summed E-state index contributed by atoms with van der Waals surface area (Å²) in [6.45, 7) is 8.59. The number of esters is 1. The van der Waals surface area contributed by atoms with Gasteiger partial charge >= 0.3 is 5.97 Å². The molecule has 6 nitrogen and oxygen atoms in total. The molecule has 1 N–H and O–H groups in total. The Balaban J connectivity index is 5.00. The largest absolute Gasteiger partial charge is 0.468 e. The van der Waals surface area contributed by atoms with Gasteiger partial charge in [0.1, 0.15) is 6.04 Å². The first-order valence-corrected chi connectivity index (χ1v) is 8.57. The molecule has 0 rings (SSSR count). The Morgan fingerprint density at radius 2 is 1.70 bits per heavy atom. The summed E-state index contributed by atoms with van der Waals surface area (Å²) < 4.78 is 33.2. The topological polar surface area (TPSA) is 75.7 Å². The first kappa shape index (κ1) is 19.3. The summed E-state index contributed by atoms with van der Waals surface area (Å²) in [6.07, 6.45) is 1.87. The van der Waals surface area contributed by atoms with Crippen LogP contribution in [0.4, 0.5) is 0 Å². The van der Waals surface area contributed by atoms with Gasteiger partial charge in [0.2, 0.25) is 0 Å². The predicted octanol–water partition coefficient (Wildman–Crippen LogP) is 1.53. The molecule has 0 saturated heterocycles. The zero-order valence-corrected chi connectivity index (χ0v) is 14.0. The lowest BCUT2D eigenvalue weighted by Gasteiger charge is -2.25. The van der Waals surface area contributed by atoms with E-state index in [0.717, 1.165) is 12.8 Å². The van der Waals surface area contributed by atoms with E-state index in [-0.39, 0.29) is 5.92 Å². The van der Waals surface area contributed by atoms with Gasteiger partial charge in [-0.25, -0.2) is 0 Å². The number of ether oxygens (including phenoxy) is 1. The minimum absolute atomic E-state index is 0.188. The minimum atomic E-state index is -3.66. The van der Waals surface area contributed by atoms with Crippen LogP contribution >= 0.6 is 0 Å². The smallest absolute Gasteiger partial charge is 0.323 e. The molecule has 120 valence electrons. The molecule has 0 aliphatic heterocycles. The van der Waals surface area contributed by atoms with Gasteiger partial charge < -0.3 is 4.74 Å². The molecule has 0 bridgehead atoms. The van der Waals surface area contributed by atoms with Gasteiger partial charge in [0.05, 0.1) is 7.11 Å². The Bertz CT molecular complexity index is 376. The Kier molecular flexibility index (Phi) is 9.00. The van der Waals surface area contributed by atoms with Crippen LogP contribution in [0.2, 0.25) is 0 Å². The molecule has 20 heavy (non-hydrogen) atoms. The Morgan fingerprint density at radius 3 is 2.05 bits per heavy atom. The number of rotatable bonds is 10. The number of hydrogen-bond donors (Lipinski definition) is 1. The second kappa shape index (κ2) is 9.31. The maximum Gasteiger partial charge on any atom is 0.323 e. The highest BCUT2D eigenvalue weighted by Gasteiger charge is 2.29. The average molecular weight is 308 g/mol. The van der Waals surface area contributed by atoms with Crippen LogP contribution in [0, 0.1) is 5.92 Å². The maximum absolute atomic E-state index is 12.3. The fourth-order valence-corrected chi connectivity index (χ4v) is 3.46. The van der Waals surface area contributed by atoms with E-state index in [1.54, 1.807) is 0 Å². The van der Waals surface area contributed by atoms with Crippen molar-refractivity contribution in [1.82, 2.24) is 9.03 Å². The van der Waals surface area contributed by atoms with E-state index in [1.807, 2.05) is 27.7 Å². The summed E-state index contributed by atoms with van der Waals surface area (Å²) in [4.78, 5) is 11.7. The highest BCUT2D eigenvalue weighted by Crippen LogP contribution is 2.10. The van der Waals surface area contributed by atoms with Crippen LogP contribution in [0.25, 0.3) is 0 Å². The van der Waals surface area contributed by atoms with Crippen molar-refractivity contribution in [3.8, 4) is 0 Å². The number of methoxy groups -OCH3 is 1. The van der Waals surface area contributed by atoms with Gasteiger partial charge in [-0.15, -0.1) is 0 Å². The molecule has 0 aromatic rings. The molecule has 0 aliphatic carbocycles. The van der Waals surface area contributed by atoms with Gasteiger partial charge in [0.15, 0.2) is 0 Å². The number of carbonyl (C=O) groups excluding carboxylic acids is 1. The van der Waals surface area contributed by atoms with Crippen molar-refractivity contribution >= 4 is 16.2 Å². The van der Waals surface area contributed by atoms with E-state index in [0.29, 0.717) is 19.5 Å². The molecule has 0 saturated carbocycles. The summed E-state index contributed by atoms with van der Waals surface area (Å²) in [7, 11) is -2.40. The summed E-state index contributed by atoms with van der Waals surface area (Å²) >= 11 is 0. The van der Waals surface area contributed by atoms with Crippen molar-refractivity contribution in [1.29, 1.82) is 0 Å². The van der Waals surface area contributed by atoms with Gasteiger partial charge in [-0.1, -0.05) is 27.7 Å². The Hall–Kier alpha value is -0.660. The van der Waals surface area contributed by atoms with Gasteiger partial charge in [-0.3, -0.25) is 4.79 Å². The maximum atomic E-state index is 12.3. The number of nitrogens with zero attached hydrogens (tertiary/aromatic N) is 1. The van der Waals surface area contributed by atoms with Crippen molar-refractivity contribution < 1.29 is 17.9 Å². The number of nitrogens with one attached hydrogen (secondary N) is 1. The second-order valence-electron chi connectivity index (χ2n) is 5.23. The van der Waals surface area contributed by atoms with E-state index in [4.69, 9.17) is 0 Å². The van der Waals surface area contributed by atoms with Gasteiger partial charge in [-0.05, 0) is 25.2 Å². The molecule has 0 radical (unpaired) electrons. The van der Waals surface area contributed by atoms with Crippen molar-refractivity contribution in [2.75, 3.05) is 20.2 Å². The Morgan fingerprint density at radius 1 is 1.20 bits per heavy atom. The third-order valence-corrected chi connectivity index (χ3v) is 4.40. The lowest BCUT2D eigenvalue weighted by atomic mass is 10.1. The molecule has 0 fully saturated rings. The molecular weight excluding hydrogens is 280 g/mol. The molecule has 1 atom stereocenters. The van der Waals surface area contributed by atoms with E-state index < -0.39 is 22.2 Å². The first-order valence-electron chi connectivity index (χ1n) is 7.13. The monoisotopic (exact) mass is 308 g/mol. The highest BCUT2D eigenvalue weighted by molar-refractivity contribution is 7.87. The number of hydrogen-bond acceptors (Lipinski definition) is 4. The zero-order chi connectivity index (χ0) is 15.8. The second-order valence-corrected chi connectivity index (χ2v) is 6.93. The van der Waals surface area contributed by atoms with Crippen LogP contribution in [-0.2, 0) is 19.7 Å². The molecule has 0 amide bonds. The summed E-state index contributed by atoms with van der Waals surface area (Å²) in [5.74, 6) is -0.358. The van der Waals surface area contributed by atoms with Crippen molar-refractivity contribution in [2.45, 2.75) is 53.0 Å². The summed E-state index contributed by atoms with van der Waals surface area (Å²) in [6, 6.07) is -0.832. The predicted molar refractivity (Wildman–Crippen MR) is 79.5 cm³/mol. The summed E-state index contributed by atoms with van der Waals surface area (Å²) in [5.41, 5.74) is 0. The third kappa shape index (κ3) is 6.67. The molecule has 1 unspecified atom stereocenters. The molecule has 7 heteroatoms. The first-order chi connectivity index (χ1) is 9.28. The van der Waals surface area contributed by atoms with E-state index in [9.17, 15) is 13.2 Å². The normalized spacial score (nSPS) is 13.8.